The van der Waals surface area contributed by atoms with Crippen LogP contribution in [0.15, 0.2) is 48.6 Å². The van der Waals surface area contributed by atoms with Crippen molar-refractivity contribution in [1.29, 1.82) is 0 Å². The van der Waals surface area contributed by atoms with Gasteiger partial charge in [0.05, 0.1) is 6.10 Å². The number of phenolic OH excluding ortho intramolecular Hbond substituents is 1. The van der Waals surface area contributed by atoms with Gasteiger partial charge in [-0.3, -0.25) is 10.0 Å². The van der Waals surface area contributed by atoms with Gasteiger partial charge >= 0.3 is 0 Å². The number of hydrogen-bond donors (Lipinski definition) is 4. The molecule has 22 heavy (non-hydrogen) atoms. The molecule has 0 aromatic heterocycles. The molecule has 2 aromatic carbocycles. The molecular weight excluding hydrogens is 282 g/mol. The summed E-state index contributed by atoms with van der Waals surface area (Å²) in [6.45, 7) is 0. The van der Waals surface area contributed by atoms with Gasteiger partial charge in [-0.1, -0.05) is 36.4 Å². The highest BCUT2D eigenvalue weighted by atomic mass is 16.5. The SMILES string of the molecule is O=C(/C=C/CCC[C@H](O)c1ccc(O)c2ccccc12)NO. The number of aromatic hydroxyl groups is 1. The summed E-state index contributed by atoms with van der Waals surface area (Å²) < 4.78 is 0. The van der Waals surface area contributed by atoms with Crippen LogP contribution >= 0.6 is 0 Å². The zero-order chi connectivity index (χ0) is 15.9. The van der Waals surface area contributed by atoms with Crippen LogP contribution in [0.4, 0.5) is 0 Å². The number of hydrogen-bond acceptors (Lipinski definition) is 4. The fourth-order valence-corrected chi connectivity index (χ4v) is 2.41. The third kappa shape index (κ3) is 3.84. The topological polar surface area (TPSA) is 89.8 Å². The number of hydroxylamine groups is 1. The first-order valence-electron chi connectivity index (χ1n) is 7.12. The predicted octanol–water partition coefficient (Wildman–Crippen LogP) is 2.81. The first-order chi connectivity index (χ1) is 10.6. The van der Waals surface area contributed by atoms with Gasteiger partial charge in [-0.15, -0.1) is 0 Å². The lowest BCUT2D eigenvalue weighted by Crippen LogP contribution is -2.14. The third-order valence-corrected chi connectivity index (χ3v) is 3.52. The smallest absolute Gasteiger partial charge is 0.267 e. The zero-order valence-corrected chi connectivity index (χ0v) is 12.1. The van der Waals surface area contributed by atoms with Gasteiger partial charge in [0.25, 0.3) is 5.91 Å². The summed E-state index contributed by atoms with van der Waals surface area (Å²) in [7, 11) is 0. The average Bonchev–Trinajstić information content (AvgIpc) is 2.54. The highest BCUT2D eigenvalue weighted by Gasteiger charge is 2.12. The van der Waals surface area contributed by atoms with Crippen molar-refractivity contribution >= 4 is 16.7 Å². The maximum atomic E-state index is 10.8. The van der Waals surface area contributed by atoms with E-state index >= 15 is 0 Å². The number of carbonyl (C=O) groups is 1. The zero-order valence-electron chi connectivity index (χ0n) is 12.1. The Morgan fingerprint density at radius 1 is 1.18 bits per heavy atom. The van der Waals surface area contributed by atoms with Gasteiger partial charge < -0.3 is 10.2 Å². The minimum Gasteiger partial charge on any atom is -0.507 e. The lowest BCUT2D eigenvalue weighted by atomic mass is 9.97. The minimum absolute atomic E-state index is 0.199. The number of phenols is 1. The third-order valence-electron chi connectivity index (χ3n) is 3.52. The number of benzene rings is 2. The van der Waals surface area contributed by atoms with Crippen molar-refractivity contribution in [3.05, 3.63) is 54.1 Å². The Hall–Kier alpha value is -2.37. The molecule has 5 nitrogen and oxygen atoms in total. The molecule has 4 N–H and O–H groups in total. The second-order valence-electron chi connectivity index (χ2n) is 5.04. The van der Waals surface area contributed by atoms with E-state index in [1.165, 1.54) is 11.6 Å². The molecule has 0 spiro atoms. The average molecular weight is 301 g/mol. The highest BCUT2D eigenvalue weighted by molar-refractivity contribution is 5.91. The second kappa shape index (κ2) is 7.59. The van der Waals surface area contributed by atoms with Gasteiger partial charge in [0.2, 0.25) is 0 Å². The molecule has 2 rings (SSSR count). The van der Waals surface area contributed by atoms with Crippen LogP contribution in [0, 0.1) is 0 Å². The highest BCUT2D eigenvalue weighted by Crippen LogP contribution is 2.32. The molecule has 0 fully saturated rings. The van der Waals surface area contributed by atoms with Crippen molar-refractivity contribution in [3.63, 3.8) is 0 Å². The Labute approximate surface area is 128 Å². The molecule has 0 aliphatic heterocycles. The molecule has 116 valence electrons. The summed E-state index contributed by atoms with van der Waals surface area (Å²) >= 11 is 0. The molecule has 0 radical (unpaired) electrons. The molecule has 1 atom stereocenters. The Morgan fingerprint density at radius 2 is 1.91 bits per heavy atom. The molecule has 5 heteroatoms. The van der Waals surface area contributed by atoms with Gasteiger partial charge in [0.1, 0.15) is 5.75 Å². The van der Waals surface area contributed by atoms with Crippen molar-refractivity contribution in [2.45, 2.75) is 25.4 Å². The summed E-state index contributed by atoms with van der Waals surface area (Å²) in [5, 5.41) is 30.1. The lowest BCUT2D eigenvalue weighted by Gasteiger charge is -2.14. The maximum Gasteiger partial charge on any atom is 0.267 e. The molecule has 0 heterocycles. The summed E-state index contributed by atoms with van der Waals surface area (Å²) in [5.74, 6) is -0.366. The van der Waals surface area contributed by atoms with Crippen LogP contribution in [0.5, 0.6) is 5.75 Å². The van der Waals surface area contributed by atoms with Crippen LogP contribution < -0.4 is 5.48 Å². The van der Waals surface area contributed by atoms with Gasteiger partial charge in [-0.05, 0) is 36.3 Å². The second-order valence-corrected chi connectivity index (χ2v) is 5.04. The quantitative estimate of drug-likeness (QED) is 0.286. The maximum absolute atomic E-state index is 10.8. The Bertz CT molecular complexity index is 681. The summed E-state index contributed by atoms with van der Waals surface area (Å²) in [5.41, 5.74) is 2.30. The van der Waals surface area contributed by atoms with E-state index in [0.717, 1.165) is 16.3 Å². The van der Waals surface area contributed by atoms with E-state index in [1.807, 2.05) is 24.3 Å². The largest absolute Gasteiger partial charge is 0.507 e. The molecule has 0 bridgehead atoms. The molecule has 0 saturated heterocycles. The number of aliphatic hydroxyl groups is 1. The Balaban J connectivity index is 2.01. The lowest BCUT2D eigenvalue weighted by molar-refractivity contribution is -0.124. The van der Waals surface area contributed by atoms with Gasteiger partial charge in [-0.25, -0.2) is 5.48 Å². The first-order valence-corrected chi connectivity index (χ1v) is 7.12. The number of amides is 1. The number of carbonyl (C=O) groups excluding carboxylic acids is 1. The van der Waals surface area contributed by atoms with E-state index in [9.17, 15) is 15.0 Å². The van der Waals surface area contributed by atoms with E-state index in [2.05, 4.69) is 0 Å². The number of aliphatic hydroxyl groups excluding tert-OH is 1. The Morgan fingerprint density at radius 3 is 2.64 bits per heavy atom. The molecule has 0 saturated carbocycles. The molecule has 0 unspecified atom stereocenters. The van der Waals surface area contributed by atoms with Crippen molar-refractivity contribution in [1.82, 2.24) is 5.48 Å². The summed E-state index contributed by atoms with van der Waals surface area (Å²) in [6.07, 6.45) is 4.13. The van der Waals surface area contributed by atoms with E-state index in [0.29, 0.717) is 19.3 Å². The number of rotatable bonds is 6. The van der Waals surface area contributed by atoms with E-state index in [1.54, 1.807) is 18.2 Å². The molecule has 1 amide bonds. The van der Waals surface area contributed by atoms with Crippen LogP contribution in [0.3, 0.4) is 0 Å². The molecule has 0 aliphatic rings. The fraction of sp³-hybridized carbons (Fsp3) is 0.235. The monoisotopic (exact) mass is 301 g/mol. The van der Waals surface area contributed by atoms with Crippen molar-refractivity contribution < 1.29 is 20.2 Å². The first kappa shape index (κ1) is 16.0. The standard InChI is InChI=1S/C17H19NO4/c19-15(8-2-1-3-9-17(21)18-22)14-10-11-16(20)13-7-5-4-6-12(13)14/h3-7,9-11,15,19-20,22H,1-2,8H2,(H,18,21)/b9-3+/t15-/m0/s1. The minimum atomic E-state index is -0.634. The predicted molar refractivity (Wildman–Crippen MR) is 83.5 cm³/mol. The van der Waals surface area contributed by atoms with Crippen LogP contribution in [-0.2, 0) is 4.79 Å². The summed E-state index contributed by atoms with van der Waals surface area (Å²) in [4.78, 5) is 10.8. The van der Waals surface area contributed by atoms with Gasteiger partial charge in [0, 0.05) is 11.5 Å². The van der Waals surface area contributed by atoms with Gasteiger partial charge in [0.15, 0.2) is 0 Å². The summed E-state index contributed by atoms with van der Waals surface area (Å²) in [6, 6.07) is 10.7. The Kier molecular flexibility index (Phi) is 5.52. The van der Waals surface area contributed by atoms with Crippen LogP contribution in [0.1, 0.15) is 30.9 Å². The number of allylic oxidation sites excluding steroid dienone is 1. The number of nitrogens with one attached hydrogen (secondary N) is 1. The van der Waals surface area contributed by atoms with Crippen molar-refractivity contribution in [3.8, 4) is 5.75 Å². The normalized spacial score (nSPS) is 12.6. The van der Waals surface area contributed by atoms with Gasteiger partial charge in [-0.2, -0.15) is 0 Å². The fourth-order valence-electron chi connectivity index (χ4n) is 2.41. The van der Waals surface area contributed by atoms with Crippen LogP contribution in [0.2, 0.25) is 0 Å². The number of unbranched alkanes of at least 4 members (excludes halogenated alkanes) is 1. The van der Waals surface area contributed by atoms with Crippen molar-refractivity contribution in [2.75, 3.05) is 0 Å². The molecule has 2 aromatic rings. The van der Waals surface area contributed by atoms with Crippen LogP contribution in [-0.4, -0.2) is 21.3 Å². The molecular formula is C17H19NO4. The van der Waals surface area contributed by atoms with E-state index in [-0.39, 0.29) is 5.75 Å². The van der Waals surface area contributed by atoms with Crippen LogP contribution in [0.25, 0.3) is 10.8 Å². The molecule has 0 aliphatic carbocycles. The van der Waals surface area contributed by atoms with Crippen molar-refractivity contribution in [2.24, 2.45) is 0 Å². The number of fused-ring (bicyclic) bond motifs is 1. The van der Waals surface area contributed by atoms with E-state index < -0.39 is 12.0 Å². The van der Waals surface area contributed by atoms with E-state index in [4.69, 9.17) is 5.21 Å².